The average molecular weight is 332 g/mol. The van der Waals surface area contributed by atoms with Crippen LogP contribution in [0.1, 0.15) is 28.3 Å². The molecule has 2 atom stereocenters. The van der Waals surface area contributed by atoms with Gasteiger partial charge in [0, 0.05) is 22.1 Å². The van der Waals surface area contributed by atoms with Gasteiger partial charge in [0.2, 0.25) is 0 Å². The summed E-state index contributed by atoms with van der Waals surface area (Å²) in [5, 5.41) is 12.6. The van der Waals surface area contributed by atoms with Crippen LogP contribution < -0.4 is 5.32 Å². The Morgan fingerprint density at radius 2 is 1.95 bits per heavy atom. The molecular weight excluding hydrogens is 318 g/mol. The predicted molar refractivity (Wildman–Crippen MR) is 82.3 cm³/mol. The van der Waals surface area contributed by atoms with Crippen molar-refractivity contribution < 1.29 is 9.90 Å². The number of carbonyl (C=O) groups is 1. The fraction of sp³-hybridized carbons (Fsp3) is 0.188. The lowest BCUT2D eigenvalue weighted by atomic mass is 10.1. The number of carboxylic acid groups (broad SMARTS) is 1. The molecule has 1 fully saturated rings. The number of hydrogen-bond donors (Lipinski definition) is 2. The number of anilines is 1. The van der Waals surface area contributed by atoms with Gasteiger partial charge in [-0.05, 0) is 30.2 Å². The molecule has 1 aliphatic rings. The van der Waals surface area contributed by atoms with Crippen LogP contribution in [0.4, 0.5) is 5.69 Å². The van der Waals surface area contributed by atoms with E-state index in [0.717, 1.165) is 10.9 Å². The highest BCUT2D eigenvalue weighted by Gasteiger charge is 2.38. The highest BCUT2D eigenvalue weighted by Crippen LogP contribution is 2.43. The number of hydrogen-bond acceptors (Lipinski definition) is 2. The Hall–Kier alpha value is -1.81. The zero-order chi connectivity index (χ0) is 14.1. The molecule has 3 rings (SSSR count). The molecule has 2 aromatic rings. The molecule has 2 N–H and O–H groups in total. The molecule has 3 nitrogen and oxygen atoms in total. The first kappa shape index (κ1) is 13.2. The molecule has 102 valence electrons. The van der Waals surface area contributed by atoms with Crippen molar-refractivity contribution in [2.45, 2.75) is 18.4 Å². The van der Waals surface area contributed by atoms with E-state index in [2.05, 4.69) is 33.4 Å². The Morgan fingerprint density at radius 3 is 2.65 bits per heavy atom. The number of benzene rings is 2. The smallest absolute Gasteiger partial charge is 0.337 e. The molecule has 0 amide bonds. The van der Waals surface area contributed by atoms with Crippen molar-refractivity contribution >= 4 is 27.6 Å². The number of aromatic carboxylic acids is 1. The lowest BCUT2D eigenvalue weighted by Gasteiger charge is -2.10. The maximum atomic E-state index is 11.3. The van der Waals surface area contributed by atoms with Gasteiger partial charge < -0.3 is 10.4 Å². The Morgan fingerprint density at radius 1 is 1.20 bits per heavy atom. The molecule has 0 radical (unpaired) electrons. The second-order valence-electron chi connectivity index (χ2n) is 5.00. The summed E-state index contributed by atoms with van der Waals surface area (Å²) in [5.41, 5.74) is 2.29. The zero-order valence-electron chi connectivity index (χ0n) is 10.7. The highest BCUT2D eigenvalue weighted by atomic mass is 79.9. The lowest BCUT2D eigenvalue weighted by Crippen LogP contribution is -2.09. The van der Waals surface area contributed by atoms with Gasteiger partial charge in [-0.2, -0.15) is 0 Å². The van der Waals surface area contributed by atoms with E-state index in [1.165, 1.54) is 5.56 Å². The molecule has 0 spiro atoms. The summed E-state index contributed by atoms with van der Waals surface area (Å²) in [6, 6.07) is 15.9. The molecule has 0 aliphatic heterocycles. The average Bonchev–Trinajstić information content (AvgIpc) is 3.21. The van der Waals surface area contributed by atoms with Crippen LogP contribution in [-0.2, 0) is 0 Å². The summed E-state index contributed by atoms with van der Waals surface area (Å²) >= 11 is 3.30. The van der Waals surface area contributed by atoms with Gasteiger partial charge in [-0.25, -0.2) is 4.79 Å². The molecule has 2 aromatic carbocycles. The van der Waals surface area contributed by atoms with Gasteiger partial charge in [0.05, 0.1) is 5.56 Å². The van der Waals surface area contributed by atoms with E-state index in [1.54, 1.807) is 6.07 Å². The Kier molecular flexibility index (Phi) is 3.49. The summed E-state index contributed by atoms with van der Waals surface area (Å²) in [7, 11) is 0. The first-order valence-corrected chi connectivity index (χ1v) is 7.29. The van der Waals surface area contributed by atoms with Crippen LogP contribution in [0, 0.1) is 0 Å². The predicted octanol–water partition coefficient (Wildman–Crippen LogP) is 4.12. The molecule has 0 heterocycles. The molecule has 1 aliphatic carbocycles. The SMILES string of the molecule is O=C(O)c1cc(Br)ccc1NC1CC1c1ccccc1. The van der Waals surface area contributed by atoms with Crippen molar-refractivity contribution in [1.29, 1.82) is 0 Å². The van der Waals surface area contributed by atoms with Gasteiger partial charge in [0.15, 0.2) is 0 Å². The highest BCUT2D eigenvalue weighted by molar-refractivity contribution is 9.10. The van der Waals surface area contributed by atoms with Crippen molar-refractivity contribution in [2.75, 3.05) is 5.32 Å². The van der Waals surface area contributed by atoms with Gasteiger partial charge in [0.1, 0.15) is 0 Å². The normalized spacial score (nSPS) is 20.4. The van der Waals surface area contributed by atoms with Crippen LogP contribution in [0.25, 0.3) is 0 Å². The molecule has 20 heavy (non-hydrogen) atoms. The van der Waals surface area contributed by atoms with E-state index in [9.17, 15) is 9.90 Å². The maximum absolute atomic E-state index is 11.3. The Bertz CT molecular complexity index is 642. The van der Waals surface area contributed by atoms with Crippen LogP contribution in [0.5, 0.6) is 0 Å². The standard InChI is InChI=1S/C16H14BrNO2/c17-11-6-7-14(13(8-11)16(19)20)18-15-9-12(15)10-4-2-1-3-5-10/h1-8,12,15,18H,9H2,(H,19,20). The fourth-order valence-corrected chi connectivity index (χ4v) is 2.80. The van der Waals surface area contributed by atoms with Gasteiger partial charge in [-0.15, -0.1) is 0 Å². The molecule has 0 saturated heterocycles. The van der Waals surface area contributed by atoms with Crippen LogP contribution >= 0.6 is 15.9 Å². The van der Waals surface area contributed by atoms with E-state index in [1.807, 2.05) is 30.3 Å². The zero-order valence-corrected chi connectivity index (χ0v) is 12.3. The van der Waals surface area contributed by atoms with Gasteiger partial charge in [-0.3, -0.25) is 0 Å². The van der Waals surface area contributed by atoms with Crippen molar-refractivity contribution in [1.82, 2.24) is 0 Å². The van der Waals surface area contributed by atoms with Crippen LogP contribution in [-0.4, -0.2) is 17.1 Å². The summed E-state index contributed by atoms with van der Waals surface area (Å²) < 4.78 is 0.774. The molecule has 4 heteroatoms. The fourth-order valence-electron chi connectivity index (χ4n) is 2.44. The minimum atomic E-state index is -0.911. The second kappa shape index (κ2) is 5.29. The van der Waals surface area contributed by atoms with Crippen LogP contribution in [0.3, 0.4) is 0 Å². The molecule has 0 bridgehead atoms. The van der Waals surface area contributed by atoms with Crippen LogP contribution in [0.2, 0.25) is 0 Å². The monoisotopic (exact) mass is 331 g/mol. The third-order valence-electron chi connectivity index (χ3n) is 3.57. The molecule has 0 aromatic heterocycles. The molecule has 2 unspecified atom stereocenters. The van der Waals surface area contributed by atoms with Crippen LogP contribution in [0.15, 0.2) is 53.0 Å². The summed E-state index contributed by atoms with van der Waals surface area (Å²) in [5.74, 6) is -0.438. The topological polar surface area (TPSA) is 49.3 Å². The van der Waals surface area contributed by atoms with Gasteiger partial charge in [-0.1, -0.05) is 46.3 Å². The number of nitrogens with one attached hydrogen (secondary N) is 1. The Labute approximate surface area is 125 Å². The van der Waals surface area contributed by atoms with E-state index in [0.29, 0.717) is 23.2 Å². The van der Waals surface area contributed by atoms with E-state index < -0.39 is 5.97 Å². The van der Waals surface area contributed by atoms with E-state index in [4.69, 9.17) is 0 Å². The maximum Gasteiger partial charge on any atom is 0.337 e. The first-order valence-electron chi connectivity index (χ1n) is 6.49. The summed E-state index contributed by atoms with van der Waals surface area (Å²) in [6.45, 7) is 0. The minimum absolute atomic E-state index is 0.304. The van der Waals surface area contributed by atoms with E-state index in [-0.39, 0.29) is 0 Å². The largest absolute Gasteiger partial charge is 0.478 e. The Balaban J connectivity index is 1.76. The quantitative estimate of drug-likeness (QED) is 0.886. The number of carboxylic acids is 1. The summed E-state index contributed by atoms with van der Waals surface area (Å²) in [6.07, 6.45) is 1.04. The van der Waals surface area contributed by atoms with Crippen molar-refractivity contribution in [3.05, 3.63) is 64.1 Å². The van der Waals surface area contributed by atoms with Crippen molar-refractivity contribution in [3.8, 4) is 0 Å². The third-order valence-corrected chi connectivity index (χ3v) is 4.06. The van der Waals surface area contributed by atoms with Crippen molar-refractivity contribution in [2.24, 2.45) is 0 Å². The third kappa shape index (κ3) is 2.70. The van der Waals surface area contributed by atoms with Gasteiger partial charge in [0.25, 0.3) is 0 Å². The summed E-state index contributed by atoms with van der Waals surface area (Å²) in [4.78, 5) is 11.3. The number of rotatable bonds is 4. The minimum Gasteiger partial charge on any atom is -0.478 e. The van der Waals surface area contributed by atoms with Crippen molar-refractivity contribution in [3.63, 3.8) is 0 Å². The first-order chi connectivity index (χ1) is 9.65. The number of halogens is 1. The van der Waals surface area contributed by atoms with Gasteiger partial charge >= 0.3 is 5.97 Å². The second-order valence-corrected chi connectivity index (χ2v) is 5.91. The molecular formula is C16H14BrNO2. The molecule has 1 saturated carbocycles. The lowest BCUT2D eigenvalue weighted by molar-refractivity contribution is 0.0698. The van der Waals surface area contributed by atoms with E-state index >= 15 is 0 Å².